The molecular formula is C14H18FN2. The van der Waals surface area contributed by atoms with Gasteiger partial charge in [-0.3, -0.25) is 0 Å². The lowest BCUT2D eigenvalue weighted by Gasteiger charge is -2.38. The van der Waals surface area contributed by atoms with Crippen molar-refractivity contribution < 1.29 is 4.39 Å². The Balaban J connectivity index is 2.02. The van der Waals surface area contributed by atoms with Crippen molar-refractivity contribution in [2.45, 2.75) is 18.3 Å². The summed E-state index contributed by atoms with van der Waals surface area (Å²) in [4.78, 5) is 4.37. The smallest absolute Gasteiger partial charge is 0.123 e. The summed E-state index contributed by atoms with van der Waals surface area (Å²) >= 11 is 0. The molecule has 2 heterocycles. The van der Waals surface area contributed by atoms with E-state index >= 15 is 0 Å². The number of rotatable bonds is 0. The number of halogens is 1. The van der Waals surface area contributed by atoms with E-state index in [1.807, 2.05) is 6.07 Å². The maximum Gasteiger partial charge on any atom is 0.123 e. The first-order valence-corrected chi connectivity index (χ1v) is 6.17. The largest absolute Gasteiger partial charge is 0.373 e. The molecule has 1 saturated heterocycles. The Kier molecular flexibility index (Phi) is 2.40. The Labute approximate surface area is 102 Å². The number of likely N-dealkylation sites (tertiary alicyclic amines) is 1. The summed E-state index contributed by atoms with van der Waals surface area (Å²) in [5, 5.41) is 0. The molecule has 1 spiro atoms. The van der Waals surface area contributed by atoms with Gasteiger partial charge in [0.05, 0.1) is 0 Å². The third kappa shape index (κ3) is 1.64. The van der Waals surface area contributed by atoms with Crippen LogP contribution in [0, 0.1) is 12.9 Å². The normalized spacial score (nSPS) is 23.1. The van der Waals surface area contributed by atoms with Gasteiger partial charge in [-0.2, -0.15) is 0 Å². The molecule has 91 valence electrons. The Morgan fingerprint density at radius 2 is 2.00 bits per heavy atom. The van der Waals surface area contributed by atoms with Gasteiger partial charge in [0.25, 0.3) is 0 Å². The standard InChI is InChI=1S/C14H18FN2/c1-16-7-5-14(6-8-16)10-17(2)13-4-3-11(15)9-12(13)14/h3-4,9H,1,5-8,10H2,2H3. The fraction of sp³-hybridized carbons (Fsp3) is 0.500. The average Bonchev–Trinajstić information content (AvgIpc) is 2.57. The summed E-state index contributed by atoms with van der Waals surface area (Å²) in [5.74, 6) is -0.115. The molecule has 0 amide bonds. The van der Waals surface area contributed by atoms with Gasteiger partial charge in [-0.05, 0) is 49.7 Å². The van der Waals surface area contributed by atoms with Crippen LogP contribution in [0.5, 0.6) is 0 Å². The van der Waals surface area contributed by atoms with Crippen molar-refractivity contribution >= 4 is 5.69 Å². The molecule has 0 atom stereocenters. The summed E-state index contributed by atoms with van der Waals surface area (Å²) in [6.45, 7) is 3.02. The van der Waals surface area contributed by atoms with E-state index in [4.69, 9.17) is 0 Å². The molecule has 0 unspecified atom stereocenters. The second-order valence-electron chi connectivity index (χ2n) is 5.42. The molecule has 0 bridgehead atoms. The summed E-state index contributed by atoms with van der Waals surface area (Å²) in [5.41, 5.74) is 2.55. The monoisotopic (exact) mass is 233 g/mol. The van der Waals surface area contributed by atoms with Gasteiger partial charge in [0.1, 0.15) is 5.82 Å². The van der Waals surface area contributed by atoms with Gasteiger partial charge in [-0.1, -0.05) is 0 Å². The molecule has 1 radical (unpaired) electrons. The minimum Gasteiger partial charge on any atom is -0.373 e. The molecule has 2 aliphatic rings. The molecule has 17 heavy (non-hydrogen) atoms. The summed E-state index contributed by atoms with van der Waals surface area (Å²) in [6, 6.07) is 5.21. The van der Waals surface area contributed by atoms with E-state index in [0.29, 0.717) is 0 Å². The van der Waals surface area contributed by atoms with Crippen LogP contribution in [0.25, 0.3) is 0 Å². The van der Waals surface area contributed by atoms with Crippen molar-refractivity contribution in [3.05, 3.63) is 36.6 Å². The highest BCUT2D eigenvalue weighted by atomic mass is 19.1. The second-order valence-corrected chi connectivity index (χ2v) is 5.42. The fourth-order valence-corrected chi connectivity index (χ4v) is 3.30. The van der Waals surface area contributed by atoms with Gasteiger partial charge in [0.15, 0.2) is 0 Å². The molecule has 2 nitrogen and oxygen atoms in total. The highest BCUT2D eigenvalue weighted by molar-refractivity contribution is 5.62. The third-order valence-electron chi connectivity index (χ3n) is 4.29. The lowest BCUT2D eigenvalue weighted by atomic mass is 9.74. The lowest BCUT2D eigenvalue weighted by Crippen LogP contribution is -2.42. The topological polar surface area (TPSA) is 6.48 Å². The molecule has 2 aliphatic heterocycles. The molecule has 1 aromatic rings. The molecule has 1 fully saturated rings. The molecule has 0 saturated carbocycles. The number of fused-ring (bicyclic) bond motifs is 2. The molecule has 1 aromatic carbocycles. The zero-order chi connectivity index (χ0) is 12.0. The Morgan fingerprint density at radius 3 is 2.71 bits per heavy atom. The first kappa shape index (κ1) is 11.0. The van der Waals surface area contributed by atoms with Gasteiger partial charge in [0.2, 0.25) is 0 Å². The van der Waals surface area contributed by atoms with E-state index in [1.165, 1.54) is 11.3 Å². The number of benzene rings is 1. The van der Waals surface area contributed by atoms with Crippen LogP contribution in [0.3, 0.4) is 0 Å². The first-order chi connectivity index (χ1) is 8.11. The quantitative estimate of drug-likeness (QED) is 0.679. The van der Waals surface area contributed by atoms with E-state index in [2.05, 4.69) is 23.9 Å². The summed E-state index contributed by atoms with van der Waals surface area (Å²) < 4.78 is 13.5. The fourth-order valence-electron chi connectivity index (χ4n) is 3.30. The Morgan fingerprint density at radius 1 is 1.29 bits per heavy atom. The minimum atomic E-state index is -0.115. The van der Waals surface area contributed by atoms with Gasteiger partial charge in [-0.15, -0.1) is 0 Å². The SMILES string of the molecule is [CH2]N1CCC2(CC1)CN(C)c1ccc(F)cc12. The van der Waals surface area contributed by atoms with Crippen molar-refractivity contribution in [3.63, 3.8) is 0 Å². The molecule has 0 N–H and O–H groups in total. The number of likely N-dealkylation sites (N-methyl/N-ethyl adjacent to an activating group) is 1. The van der Waals surface area contributed by atoms with E-state index in [1.54, 1.807) is 12.1 Å². The third-order valence-corrected chi connectivity index (χ3v) is 4.29. The molecule has 0 aliphatic carbocycles. The predicted molar refractivity (Wildman–Crippen MR) is 67.5 cm³/mol. The van der Waals surface area contributed by atoms with Crippen LogP contribution >= 0.6 is 0 Å². The van der Waals surface area contributed by atoms with Crippen molar-refractivity contribution in [2.24, 2.45) is 0 Å². The second kappa shape index (κ2) is 3.70. The maximum absolute atomic E-state index is 13.5. The average molecular weight is 233 g/mol. The van der Waals surface area contributed by atoms with Crippen molar-refractivity contribution in [1.29, 1.82) is 0 Å². The number of nitrogens with zero attached hydrogens (tertiary/aromatic N) is 2. The van der Waals surface area contributed by atoms with Crippen molar-refractivity contribution in [2.75, 3.05) is 31.6 Å². The lowest BCUT2D eigenvalue weighted by molar-refractivity contribution is 0.214. The van der Waals surface area contributed by atoms with Crippen LogP contribution in [0.2, 0.25) is 0 Å². The van der Waals surface area contributed by atoms with Crippen LogP contribution < -0.4 is 4.90 Å². The van der Waals surface area contributed by atoms with Gasteiger partial charge in [-0.25, -0.2) is 4.39 Å². The van der Waals surface area contributed by atoms with Gasteiger partial charge < -0.3 is 9.80 Å². The van der Waals surface area contributed by atoms with E-state index < -0.39 is 0 Å². The van der Waals surface area contributed by atoms with Crippen LogP contribution in [0.15, 0.2) is 18.2 Å². The predicted octanol–water partition coefficient (Wildman–Crippen LogP) is 2.40. The van der Waals surface area contributed by atoms with Gasteiger partial charge >= 0.3 is 0 Å². The Hall–Kier alpha value is -1.09. The zero-order valence-electron chi connectivity index (χ0n) is 10.2. The van der Waals surface area contributed by atoms with Crippen LogP contribution in [0.1, 0.15) is 18.4 Å². The Bertz CT molecular complexity index is 436. The highest BCUT2D eigenvalue weighted by Gasteiger charge is 2.43. The van der Waals surface area contributed by atoms with Crippen LogP contribution in [-0.2, 0) is 5.41 Å². The van der Waals surface area contributed by atoms with Crippen LogP contribution in [-0.4, -0.2) is 31.6 Å². The highest BCUT2D eigenvalue weighted by Crippen LogP contribution is 2.46. The van der Waals surface area contributed by atoms with Gasteiger partial charge in [0, 0.05) is 31.7 Å². The van der Waals surface area contributed by atoms with Crippen molar-refractivity contribution in [1.82, 2.24) is 4.90 Å². The minimum absolute atomic E-state index is 0.115. The first-order valence-electron chi connectivity index (χ1n) is 6.17. The molecule has 3 rings (SSSR count). The van der Waals surface area contributed by atoms with Crippen molar-refractivity contribution in [3.8, 4) is 0 Å². The number of hydrogen-bond donors (Lipinski definition) is 0. The summed E-state index contributed by atoms with van der Waals surface area (Å²) in [7, 11) is 6.09. The zero-order valence-corrected chi connectivity index (χ0v) is 10.2. The van der Waals surface area contributed by atoms with E-state index in [-0.39, 0.29) is 11.2 Å². The number of piperidine rings is 1. The summed E-state index contributed by atoms with van der Waals surface area (Å²) in [6.07, 6.45) is 2.16. The number of anilines is 1. The molecule has 0 aromatic heterocycles. The maximum atomic E-state index is 13.5. The van der Waals surface area contributed by atoms with E-state index in [0.717, 1.165) is 32.5 Å². The number of hydrogen-bond acceptors (Lipinski definition) is 2. The van der Waals surface area contributed by atoms with Crippen LogP contribution in [0.4, 0.5) is 10.1 Å². The van der Waals surface area contributed by atoms with E-state index in [9.17, 15) is 4.39 Å². The molecular weight excluding hydrogens is 215 g/mol. The molecule has 3 heteroatoms.